The highest BCUT2D eigenvalue weighted by atomic mass is 16.3. The number of β-amino-alcohol motifs (C(OH)–C–C–N with tert-alkyl or cyclic N) is 1. The Morgan fingerprint density at radius 1 is 1.50 bits per heavy atom. The lowest BCUT2D eigenvalue weighted by Crippen LogP contribution is -2.53. The van der Waals surface area contributed by atoms with Gasteiger partial charge in [0.1, 0.15) is 11.5 Å². The normalized spacial score (nSPS) is 16.2. The monoisotopic (exact) mass is 226 g/mol. The molecule has 0 unspecified atom stereocenters. The molecule has 0 radical (unpaired) electrons. The van der Waals surface area contributed by atoms with E-state index in [0.717, 1.165) is 0 Å². The van der Waals surface area contributed by atoms with Crippen LogP contribution in [0, 0.1) is 0 Å². The van der Waals surface area contributed by atoms with Crippen molar-refractivity contribution in [3.05, 3.63) is 20.8 Å². The lowest BCUT2D eigenvalue weighted by molar-refractivity contribution is 0.141. The summed E-state index contributed by atoms with van der Waals surface area (Å²) >= 11 is 0. The maximum atomic E-state index is 11.6. The zero-order valence-electron chi connectivity index (χ0n) is 8.93. The van der Waals surface area contributed by atoms with E-state index in [4.69, 9.17) is 5.73 Å². The zero-order valence-corrected chi connectivity index (χ0v) is 8.93. The van der Waals surface area contributed by atoms with Gasteiger partial charge in [-0.3, -0.25) is 14.3 Å². The van der Waals surface area contributed by atoms with E-state index in [9.17, 15) is 14.7 Å². The van der Waals surface area contributed by atoms with E-state index < -0.39 is 17.4 Å². The van der Waals surface area contributed by atoms with Crippen molar-refractivity contribution in [3.8, 4) is 0 Å². The highest BCUT2D eigenvalue weighted by Gasteiger charge is 2.29. The van der Waals surface area contributed by atoms with Crippen molar-refractivity contribution in [2.24, 2.45) is 0 Å². The van der Waals surface area contributed by atoms with Crippen LogP contribution in [0.5, 0.6) is 0 Å². The number of H-pyrrole nitrogens is 1. The third-order valence-corrected chi connectivity index (χ3v) is 2.71. The highest BCUT2D eigenvalue weighted by molar-refractivity contribution is 5.63. The molecule has 16 heavy (non-hydrogen) atoms. The van der Waals surface area contributed by atoms with Gasteiger partial charge in [0, 0.05) is 19.6 Å². The molecule has 88 valence electrons. The second kappa shape index (κ2) is 3.67. The first-order valence-corrected chi connectivity index (χ1v) is 5.10. The number of hydrogen-bond donors (Lipinski definition) is 3. The van der Waals surface area contributed by atoms with Gasteiger partial charge in [-0.15, -0.1) is 0 Å². The molecule has 0 aromatic carbocycles. The quantitative estimate of drug-likeness (QED) is 0.558. The number of rotatable bonds is 2. The van der Waals surface area contributed by atoms with E-state index in [2.05, 4.69) is 4.98 Å². The van der Waals surface area contributed by atoms with Crippen LogP contribution in [0.1, 0.15) is 6.92 Å². The van der Waals surface area contributed by atoms with Crippen molar-refractivity contribution < 1.29 is 5.11 Å². The number of anilines is 2. The molecule has 0 amide bonds. The number of aromatic amines is 1. The van der Waals surface area contributed by atoms with E-state index in [1.807, 2.05) is 0 Å². The molecule has 1 aromatic heterocycles. The van der Waals surface area contributed by atoms with Gasteiger partial charge in [-0.05, 0) is 6.92 Å². The van der Waals surface area contributed by atoms with Crippen molar-refractivity contribution in [1.82, 2.24) is 9.55 Å². The second-order valence-corrected chi connectivity index (χ2v) is 3.80. The minimum Gasteiger partial charge on any atom is -0.389 e. The van der Waals surface area contributed by atoms with Gasteiger partial charge in [-0.25, -0.2) is 4.79 Å². The Hall–Kier alpha value is -1.76. The Morgan fingerprint density at radius 2 is 2.12 bits per heavy atom. The molecule has 4 N–H and O–H groups in total. The van der Waals surface area contributed by atoms with Crippen LogP contribution < -0.4 is 21.9 Å². The fraction of sp³-hybridized carbons (Fsp3) is 0.556. The summed E-state index contributed by atoms with van der Waals surface area (Å²) in [6.07, 6.45) is -0.430. The molecule has 7 heteroatoms. The summed E-state index contributed by atoms with van der Waals surface area (Å²) < 4.78 is 1.29. The summed E-state index contributed by atoms with van der Waals surface area (Å²) in [5.74, 6) is 0.156. The molecule has 0 saturated carbocycles. The number of nitrogens with zero attached hydrogens (tertiary/aromatic N) is 2. The molecular weight excluding hydrogens is 212 g/mol. The Balaban J connectivity index is 2.53. The maximum absolute atomic E-state index is 11.6. The van der Waals surface area contributed by atoms with Crippen LogP contribution in [0.15, 0.2) is 9.59 Å². The van der Waals surface area contributed by atoms with Crippen LogP contribution >= 0.6 is 0 Å². The van der Waals surface area contributed by atoms with Crippen molar-refractivity contribution in [2.75, 3.05) is 23.7 Å². The molecule has 7 nitrogen and oxygen atoms in total. The summed E-state index contributed by atoms with van der Waals surface area (Å²) in [4.78, 5) is 26.9. The molecule has 2 rings (SSSR count). The largest absolute Gasteiger partial charge is 0.389 e. The minimum atomic E-state index is -0.505. The molecule has 0 aliphatic carbocycles. The summed E-state index contributed by atoms with van der Waals surface area (Å²) in [6.45, 7) is 2.90. The number of aliphatic hydroxyl groups is 1. The first-order valence-electron chi connectivity index (χ1n) is 5.10. The van der Waals surface area contributed by atoms with Crippen LogP contribution in [-0.4, -0.2) is 33.9 Å². The Bertz CT molecular complexity index is 512. The van der Waals surface area contributed by atoms with Crippen LogP contribution in [0.3, 0.4) is 0 Å². The number of aromatic nitrogens is 2. The van der Waals surface area contributed by atoms with Crippen LogP contribution in [0.2, 0.25) is 0 Å². The van der Waals surface area contributed by atoms with E-state index in [1.54, 1.807) is 11.8 Å². The van der Waals surface area contributed by atoms with E-state index >= 15 is 0 Å². The summed E-state index contributed by atoms with van der Waals surface area (Å²) in [7, 11) is 0. The molecule has 1 aliphatic rings. The van der Waals surface area contributed by atoms with Crippen molar-refractivity contribution in [2.45, 2.75) is 19.6 Å². The maximum Gasteiger partial charge on any atom is 0.330 e. The fourth-order valence-electron chi connectivity index (χ4n) is 1.83. The molecule has 0 atom stereocenters. The number of hydrogen-bond acceptors (Lipinski definition) is 5. The SMILES string of the molecule is CCn1c(N)c(N2CC(O)C2)c(=O)[nH]c1=O. The molecule has 1 saturated heterocycles. The van der Waals surface area contributed by atoms with Gasteiger partial charge in [-0.2, -0.15) is 0 Å². The zero-order chi connectivity index (χ0) is 11.9. The molecule has 0 bridgehead atoms. The fourth-order valence-corrected chi connectivity index (χ4v) is 1.83. The Morgan fingerprint density at radius 3 is 2.62 bits per heavy atom. The van der Waals surface area contributed by atoms with Crippen LogP contribution in [-0.2, 0) is 6.54 Å². The van der Waals surface area contributed by atoms with Gasteiger partial charge >= 0.3 is 5.69 Å². The summed E-state index contributed by atoms with van der Waals surface area (Å²) in [5.41, 5.74) is 5.04. The number of aliphatic hydroxyl groups excluding tert-OH is 1. The molecule has 1 fully saturated rings. The topological polar surface area (TPSA) is 104 Å². The Kier molecular flexibility index (Phi) is 2.47. The lowest BCUT2D eigenvalue weighted by atomic mass is 10.1. The lowest BCUT2D eigenvalue weighted by Gasteiger charge is -2.37. The van der Waals surface area contributed by atoms with Gasteiger partial charge in [0.2, 0.25) is 0 Å². The predicted molar refractivity (Wildman–Crippen MR) is 59.6 cm³/mol. The first kappa shape index (κ1) is 10.7. The average molecular weight is 226 g/mol. The molecule has 1 aliphatic heterocycles. The Labute approximate surface area is 91.1 Å². The van der Waals surface area contributed by atoms with E-state index in [-0.39, 0.29) is 11.5 Å². The average Bonchev–Trinajstić information content (AvgIpc) is 2.15. The van der Waals surface area contributed by atoms with E-state index in [1.165, 1.54) is 4.57 Å². The minimum absolute atomic E-state index is 0.156. The van der Waals surface area contributed by atoms with Gasteiger partial charge in [0.05, 0.1) is 6.10 Å². The van der Waals surface area contributed by atoms with Crippen molar-refractivity contribution in [3.63, 3.8) is 0 Å². The third-order valence-electron chi connectivity index (χ3n) is 2.71. The van der Waals surface area contributed by atoms with E-state index in [0.29, 0.717) is 19.6 Å². The van der Waals surface area contributed by atoms with Crippen molar-refractivity contribution >= 4 is 11.5 Å². The third kappa shape index (κ3) is 1.49. The summed E-state index contributed by atoms with van der Waals surface area (Å²) in [5, 5.41) is 9.18. The molecule has 0 spiro atoms. The molecule has 2 heterocycles. The van der Waals surface area contributed by atoms with Crippen molar-refractivity contribution in [1.29, 1.82) is 0 Å². The van der Waals surface area contributed by atoms with Gasteiger partial charge in [-0.1, -0.05) is 0 Å². The van der Waals surface area contributed by atoms with Gasteiger partial charge < -0.3 is 15.7 Å². The van der Waals surface area contributed by atoms with Crippen LogP contribution in [0.25, 0.3) is 0 Å². The van der Waals surface area contributed by atoms with Gasteiger partial charge in [0.15, 0.2) is 0 Å². The first-order chi connectivity index (χ1) is 7.54. The molecule has 1 aromatic rings. The summed E-state index contributed by atoms with van der Waals surface area (Å²) in [6, 6.07) is 0. The smallest absolute Gasteiger partial charge is 0.330 e. The van der Waals surface area contributed by atoms with Crippen LogP contribution in [0.4, 0.5) is 11.5 Å². The number of nitrogens with two attached hydrogens (primary N) is 1. The highest BCUT2D eigenvalue weighted by Crippen LogP contribution is 2.21. The standard InChI is InChI=1S/C9H14N4O3/c1-2-13-7(10)6(8(15)11-9(13)16)12-3-5(14)4-12/h5,14H,2-4,10H2,1H3,(H,11,15,16). The number of nitrogens with one attached hydrogen (secondary N) is 1. The number of nitrogen functional groups attached to an aromatic ring is 1. The van der Waals surface area contributed by atoms with Gasteiger partial charge in [0.25, 0.3) is 5.56 Å². The predicted octanol–water partition coefficient (Wildman–Crippen LogP) is -1.68. The molecular formula is C9H14N4O3. The second-order valence-electron chi connectivity index (χ2n) is 3.80.